The van der Waals surface area contributed by atoms with Crippen LogP contribution in [0.15, 0.2) is 64.2 Å². The molecule has 0 aliphatic carbocycles. The number of aromatic nitrogens is 2. The summed E-state index contributed by atoms with van der Waals surface area (Å²) < 4.78 is 5.85. The van der Waals surface area contributed by atoms with Crippen molar-refractivity contribution >= 4 is 40.5 Å². The highest BCUT2D eigenvalue weighted by molar-refractivity contribution is 8.00. The van der Waals surface area contributed by atoms with E-state index >= 15 is 0 Å². The van der Waals surface area contributed by atoms with Gasteiger partial charge in [0.15, 0.2) is 5.16 Å². The number of fused-ring (bicyclic) bond motifs is 2. The number of nitrogens with zero attached hydrogens (tertiary/aromatic N) is 3. The third kappa shape index (κ3) is 4.66. The molecule has 0 spiro atoms. The second-order valence-electron chi connectivity index (χ2n) is 8.68. The fourth-order valence-corrected chi connectivity index (χ4v) is 5.14. The van der Waals surface area contributed by atoms with Gasteiger partial charge in [0.25, 0.3) is 5.91 Å². The number of hydrogen-bond acceptors (Lipinski definition) is 6. The molecule has 0 fully saturated rings. The van der Waals surface area contributed by atoms with Crippen LogP contribution in [0.4, 0.5) is 5.82 Å². The van der Waals surface area contributed by atoms with Gasteiger partial charge >= 0.3 is 0 Å². The van der Waals surface area contributed by atoms with Gasteiger partial charge in [-0.2, -0.15) is 4.98 Å². The van der Waals surface area contributed by atoms with Gasteiger partial charge in [0.05, 0.1) is 10.6 Å². The highest BCUT2D eigenvalue weighted by Gasteiger charge is 2.27. The van der Waals surface area contributed by atoms with Crippen LogP contribution in [-0.4, -0.2) is 38.5 Å². The minimum absolute atomic E-state index is 0.0369. The van der Waals surface area contributed by atoms with Crippen molar-refractivity contribution in [2.24, 2.45) is 0 Å². The van der Waals surface area contributed by atoms with Gasteiger partial charge in [0.2, 0.25) is 11.6 Å². The van der Waals surface area contributed by atoms with E-state index in [0.29, 0.717) is 46.5 Å². The smallest absolute Gasteiger partial charge is 0.256 e. The minimum Gasteiger partial charge on any atom is -0.443 e. The summed E-state index contributed by atoms with van der Waals surface area (Å²) in [5, 5.41) is 3.57. The molecule has 8 heteroatoms. The Morgan fingerprint density at radius 3 is 2.51 bits per heavy atom. The fraction of sp³-hybridized carbons (Fsp3) is 0.259. The number of furan rings is 1. The molecule has 0 unspecified atom stereocenters. The average molecular weight is 487 g/mol. The third-order valence-corrected chi connectivity index (χ3v) is 7.30. The normalized spacial score (nSPS) is 14.0. The second-order valence-corrected chi connectivity index (χ2v) is 9.98. The van der Waals surface area contributed by atoms with Crippen molar-refractivity contribution in [2.45, 2.75) is 44.1 Å². The molecule has 1 N–H and O–H groups in total. The van der Waals surface area contributed by atoms with Crippen LogP contribution < -0.4 is 5.32 Å². The number of nitrogens with one attached hydrogen (secondary N) is 1. The largest absolute Gasteiger partial charge is 0.443 e. The van der Waals surface area contributed by atoms with Crippen LogP contribution in [0.3, 0.4) is 0 Å². The summed E-state index contributed by atoms with van der Waals surface area (Å²) in [6.45, 7) is 6.93. The van der Waals surface area contributed by atoms with Gasteiger partial charge in [0.1, 0.15) is 11.6 Å². The van der Waals surface area contributed by atoms with Crippen molar-refractivity contribution < 1.29 is 14.0 Å². The van der Waals surface area contributed by atoms with Crippen LogP contribution in [0.25, 0.3) is 11.1 Å². The zero-order chi connectivity index (χ0) is 24.5. The molecule has 2 aromatic carbocycles. The highest BCUT2D eigenvalue weighted by atomic mass is 32.2. The van der Waals surface area contributed by atoms with Crippen LogP contribution in [0, 0.1) is 13.8 Å². The second kappa shape index (κ2) is 9.54. The van der Waals surface area contributed by atoms with Gasteiger partial charge in [-0.1, -0.05) is 54.2 Å². The van der Waals surface area contributed by atoms with Gasteiger partial charge in [-0.15, -0.1) is 0 Å². The lowest BCUT2D eigenvalue weighted by molar-refractivity contribution is -0.131. The van der Waals surface area contributed by atoms with E-state index in [0.717, 1.165) is 12.0 Å². The van der Waals surface area contributed by atoms with Crippen molar-refractivity contribution in [1.29, 1.82) is 0 Å². The summed E-state index contributed by atoms with van der Waals surface area (Å²) in [4.78, 5) is 37.2. The lowest BCUT2D eigenvalue weighted by Gasteiger charge is -2.30. The summed E-state index contributed by atoms with van der Waals surface area (Å²) >= 11 is 1.27. The zero-order valence-corrected chi connectivity index (χ0v) is 20.7. The topological polar surface area (TPSA) is 88.3 Å². The van der Waals surface area contributed by atoms with E-state index < -0.39 is 5.25 Å². The molecule has 178 valence electrons. The number of anilines is 1. The lowest BCUT2D eigenvalue weighted by Crippen LogP contribution is -2.40. The van der Waals surface area contributed by atoms with Crippen LogP contribution in [-0.2, 0) is 17.8 Å². The molecular weight excluding hydrogens is 460 g/mol. The number of benzene rings is 2. The predicted octanol–water partition coefficient (Wildman–Crippen LogP) is 5.16. The van der Waals surface area contributed by atoms with Gasteiger partial charge in [-0.05, 0) is 50.5 Å². The van der Waals surface area contributed by atoms with Crippen LogP contribution in [0.2, 0.25) is 0 Å². The quantitative estimate of drug-likeness (QED) is 0.310. The van der Waals surface area contributed by atoms with E-state index in [1.54, 1.807) is 12.1 Å². The summed E-state index contributed by atoms with van der Waals surface area (Å²) in [5.74, 6) is 0.862. The van der Waals surface area contributed by atoms with Crippen LogP contribution >= 0.6 is 11.8 Å². The standard InChI is InChI=1S/C27H26N4O3S/c1-16-17(2)34-25-22(16)23(28-24(32)20-10-5-4-6-11-20)29-27(30-25)35-18(3)26(33)31-14-13-19-9-7-8-12-21(19)15-31/h4-12,18H,13-15H2,1-3H3,(H,28,29,30,32)/t18-/m0/s1. The maximum absolute atomic E-state index is 13.2. The Bertz CT molecular complexity index is 1420. The number of amides is 2. The van der Waals surface area contributed by atoms with Crippen molar-refractivity contribution in [3.05, 3.63) is 82.6 Å². The third-order valence-electron chi connectivity index (χ3n) is 6.35. The molecule has 0 bridgehead atoms. The molecule has 7 nitrogen and oxygen atoms in total. The van der Waals surface area contributed by atoms with E-state index in [4.69, 9.17) is 4.42 Å². The maximum atomic E-state index is 13.2. The van der Waals surface area contributed by atoms with Crippen molar-refractivity contribution in [3.63, 3.8) is 0 Å². The van der Waals surface area contributed by atoms with Gasteiger partial charge in [0, 0.05) is 24.2 Å². The SMILES string of the molecule is Cc1oc2nc(S[C@@H](C)C(=O)N3CCc4ccccc4C3)nc(NC(=O)c3ccccc3)c2c1C. The number of thioether (sulfide) groups is 1. The van der Waals surface area contributed by atoms with E-state index in [1.807, 2.05) is 56.0 Å². The molecule has 3 heterocycles. The summed E-state index contributed by atoms with van der Waals surface area (Å²) in [6, 6.07) is 17.2. The molecule has 1 aliphatic heterocycles. The molecule has 0 radical (unpaired) electrons. The lowest BCUT2D eigenvalue weighted by atomic mass is 10.00. The Hall–Kier alpha value is -3.65. The van der Waals surface area contributed by atoms with E-state index in [1.165, 1.54) is 22.9 Å². The molecule has 5 rings (SSSR count). The fourth-order valence-electron chi connectivity index (χ4n) is 4.29. The van der Waals surface area contributed by atoms with Crippen LogP contribution in [0.5, 0.6) is 0 Å². The molecule has 2 aromatic heterocycles. The van der Waals surface area contributed by atoms with Gasteiger partial charge < -0.3 is 14.6 Å². The Kier molecular flexibility index (Phi) is 6.30. The van der Waals surface area contributed by atoms with E-state index in [-0.39, 0.29) is 11.8 Å². The molecule has 35 heavy (non-hydrogen) atoms. The first-order valence-corrected chi connectivity index (χ1v) is 12.4. The van der Waals surface area contributed by atoms with Crippen LogP contribution in [0.1, 0.15) is 39.7 Å². The monoisotopic (exact) mass is 486 g/mol. The number of carbonyl (C=O) groups excluding carboxylic acids is 2. The number of hydrogen-bond donors (Lipinski definition) is 1. The highest BCUT2D eigenvalue weighted by Crippen LogP contribution is 2.33. The number of rotatable bonds is 5. The summed E-state index contributed by atoms with van der Waals surface area (Å²) in [5.41, 5.74) is 4.28. The minimum atomic E-state index is -0.396. The Morgan fingerprint density at radius 1 is 1.03 bits per heavy atom. The Balaban J connectivity index is 1.39. The Labute approximate surface area is 207 Å². The summed E-state index contributed by atoms with van der Waals surface area (Å²) in [6.07, 6.45) is 0.850. The zero-order valence-electron chi connectivity index (χ0n) is 19.9. The predicted molar refractivity (Wildman–Crippen MR) is 137 cm³/mol. The Morgan fingerprint density at radius 2 is 1.74 bits per heavy atom. The first kappa shape index (κ1) is 23.1. The van der Waals surface area contributed by atoms with Crippen molar-refractivity contribution in [3.8, 4) is 0 Å². The molecule has 0 saturated carbocycles. The number of aryl methyl sites for hydroxylation is 2. The molecule has 1 aliphatic rings. The number of carbonyl (C=O) groups is 2. The van der Waals surface area contributed by atoms with E-state index in [2.05, 4.69) is 27.4 Å². The van der Waals surface area contributed by atoms with E-state index in [9.17, 15) is 9.59 Å². The average Bonchev–Trinajstić information content (AvgIpc) is 3.16. The molecular formula is C27H26N4O3S. The molecule has 2 amide bonds. The summed E-state index contributed by atoms with van der Waals surface area (Å²) in [7, 11) is 0. The molecule has 0 saturated heterocycles. The first-order valence-electron chi connectivity index (χ1n) is 11.6. The van der Waals surface area contributed by atoms with Gasteiger partial charge in [-0.3, -0.25) is 9.59 Å². The molecule has 1 atom stereocenters. The first-order chi connectivity index (χ1) is 16.9. The maximum Gasteiger partial charge on any atom is 0.256 e. The van der Waals surface area contributed by atoms with Crippen molar-refractivity contribution in [1.82, 2.24) is 14.9 Å². The molecule has 4 aromatic rings. The van der Waals surface area contributed by atoms with Gasteiger partial charge in [-0.25, -0.2) is 4.98 Å². The van der Waals surface area contributed by atoms with Crippen molar-refractivity contribution in [2.75, 3.05) is 11.9 Å².